The number of nitriles is 1. The van der Waals surface area contributed by atoms with Crippen LogP contribution in [0, 0.1) is 11.3 Å². The van der Waals surface area contributed by atoms with Crippen LogP contribution in [-0.2, 0) is 19.4 Å². The summed E-state index contributed by atoms with van der Waals surface area (Å²) in [5.74, 6) is 1.20. The smallest absolute Gasteiger partial charge is 0.171 e. The van der Waals surface area contributed by atoms with E-state index in [0.29, 0.717) is 42.1 Å². The molecule has 134 valence electrons. The summed E-state index contributed by atoms with van der Waals surface area (Å²) in [7, 11) is 0. The largest absolute Gasteiger partial charge is 0.453 e. The summed E-state index contributed by atoms with van der Waals surface area (Å²) in [5.41, 5.74) is 2.82. The molecule has 0 saturated heterocycles. The lowest BCUT2D eigenvalue weighted by molar-refractivity contribution is 0.267. The Kier molecular flexibility index (Phi) is 5.29. The first-order valence-electron chi connectivity index (χ1n) is 8.49. The number of hydrogen-bond donors (Lipinski definition) is 1. The minimum Gasteiger partial charge on any atom is -0.453 e. The molecule has 2 heterocycles. The van der Waals surface area contributed by atoms with E-state index in [1.807, 2.05) is 13.8 Å². The lowest BCUT2D eigenvalue weighted by Gasteiger charge is -2.10. The molecule has 0 radical (unpaired) electrons. The van der Waals surface area contributed by atoms with Gasteiger partial charge < -0.3 is 9.84 Å². The summed E-state index contributed by atoms with van der Waals surface area (Å²) in [6.45, 7) is 4.45. The van der Waals surface area contributed by atoms with Crippen LogP contribution in [0.4, 0.5) is 0 Å². The fraction of sp³-hybridized carbons (Fsp3) is 0.333. The van der Waals surface area contributed by atoms with Crippen LogP contribution in [-0.4, -0.2) is 36.5 Å². The number of aliphatic hydroxyl groups is 1. The second-order valence-corrected chi connectivity index (χ2v) is 5.62. The number of hydrogen-bond acceptors (Lipinski definition) is 6. The normalized spacial score (nSPS) is 10.7. The fourth-order valence-electron chi connectivity index (χ4n) is 2.80. The molecule has 1 aromatic carbocycles. The number of aliphatic hydroxyl groups excluding tert-OH is 1. The van der Waals surface area contributed by atoms with Crippen molar-refractivity contribution in [2.24, 2.45) is 0 Å². The van der Waals surface area contributed by atoms with Gasteiger partial charge in [-0.05, 0) is 25.0 Å². The average Bonchev–Trinajstić information content (AvgIpc) is 3.30. The molecule has 0 unspecified atom stereocenters. The molecule has 0 bridgehead atoms. The van der Waals surface area contributed by atoms with E-state index in [2.05, 4.69) is 21.4 Å². The molecule has 8 heteroatoms. The van der Waals surface area contributed by atoms with Crippen molar-refractivity contribution in [3.05, 3.63) is 47.5 Å². The van der Waals surface area contributed by atoms with Gasteiger partial charge in [0.1, 0.15) is 11.4 Å². The van der Waals surface area contributed by atoms with Gasteiger partial charge in [-0.1, -0.05) is 13.8 Å². The standard InChI is InChI=1S/C18H20N6O2/c1-3-16-18(17(4-2)23(22-16)7-8-25)26-15-10-13(12-19)9-14(11-15)24-20-5-6-21-24/h5-6,9-11,25H,3-4,7-8H2,1-2H3. The zero-order valence-electron chi connectivity index (χ0n) is 14.8. The van der Waals surface area contributed by atoms with Crippen LogP contribution in [0.1, 0.15) is 30.8 Å². The molecular formula is C18H20N6O2. The fourth-order valence-corrected chi connectivity index (χ4v) is 2.80. The Labute approximate surface area is 151 Å². The van der Waals surface area contributed by atoms with E-state index >= 15 is 0 Å². The quantitative estimate of drug-likeness (QED) is 0.700. The first kappa shape index (κ1) is 17.6. The van der Waals surface area contributed by atoms with Gasteiger partial charge in [-0.25, -0.2) is 0 Å². The maximum absolute atomic E-state index is 9.33. The summed E-state index contributed by atoms with van der Waals surface area (Å²) in [4.78, 5) is 1.43. The monoisotopic (exact) mass is 352 g/mol. The zero-order chi connectivity index (χ0) is 18.5. The van der Waals surface area contributed by atoms with Gasteiger partial charge >= 0.3 is 0 Å². The molecule has 2 aromatic heterocycles. The van der Waals surface area contributed by atoms with Gasteiger partial charge in [-0.3, -0.25) is 4.68 Å². The van der Waals surface area contributed by atoms with Gasteiger partial charge in [0.25, 0.3) is 0 Å². The van der Waals surface area contributed by atoms with Crippen LogP contribution >= 0.6 is 0 Å². The van der Waals surface area contributed by atoms with Gasteiger partial charge in [0, 0.05) is 6.07 Å². The van der Waals surface area contributed by atoms with Crippen LogP contribution in [0.15, 0.2) is 30.6 Å². The molecule has 0 aliphatic carbocycles. The Balaban J connectivity index is 2.04. The van der Waals surface area contributed by atoms with Crippen molar-refractivity contribution in [3.8, 4) is 23.3 Å². The summed E-state index contributed by atoms with van der Waals surface area (Å²) < 4.78 is 7.92. The highest BCUT2D eigenvalue weighted by Crippen LogP contribution is 2.32. The van der Waals surface area contributed by atoms with Crippen molar-refractivity contribution in [3.63, 3.8) is 0 Å². The molecule has 8 nitrogen and oxygen atoms in total. The van der Waals surface area contributed by atoms with E-state index in [0.717, 1.165) is 11.4 Å². The van der Waals surface area contributed by atoms with E-state index in [1.54, 1.807) is 35.3 Å². The van der Waals surface area contributed by atoms with Gasteiger partial charge in [0.2, 0.25) is 0 Å². The summed E-state index contributed by atoms with van der Waals surface area (Å²) in [5, 5.41) is 31.3. The van der Waals surface area contributed by atoms with E-state index in [4.69, 9.17) is 4.74 Å². The predicted octanol–water partition coefficient (Wildman–Crippen LogP) is 2.24. The average molecular weight is 352 g/mol. The highest BCUT2D eigenvalue weighted by Gasteiger charge is 2.18. The molecule has 0 aliphatic rings. The first-order chi connectivity index (χ1) is 12.7. The zero-order valence-corrected chi connectivity index (χ0v) is 14.8. The van der Waals surface area contributed by atoms with Gasteiger partial charge in [-0.2, -0.15) is 25.4 Å². The Bertz CT molecular complexity index is 924. The van der Waals surface area contributed by atoms with Crippen LogP contribution in [0.2, 0.25) is 0 Å². The molecule has 3 rings (SSSR count). The Morgan fingerprint density at radius 3 is 2.54 bits per heavy atom. The highest BCUT2D eigenvalue weighted by atomic mass is 16.5. The van der Waals surface area contributed by atoms with Crippen molar-refractivity contribution < 1.29 is 9.84 Å². The maximum Gasteiger partial charge on any atom is 0.171 e. The lowest BCUT2D eigenvalue weighted by Crippen LogP contribution is -2.08. The molecule has 0 amide bonds. The summed E-state index contributed by atoms with van der Waals surface area (Å²) >= 11 is 0. The number of rotatable bonds is 7. The first-order valence-corrected chi connectivity index (χ1v) is 8.49. The third-order valence-electron chi connectivity index (χ3n) is 3.95. The van der Waals surface area contributed by atoms with E-state index < -0.39 is 0 Å². The van der Waals surface area contributed by atoms with Gasteiger partial charge in [0.05, 0.1) is 48.6 Å². The van der Waals surface area contributed by atoms with E-state index in [1.165, 1.54) is 4.80 Å². The van der Waals surface area contributed by atoms with E-state index in [9.17, 15) is 10.4 Å². The maximum atomic E-state index is 9.33. The van der Waals surface area contributed by atoms with E-state index in [-0.39, 0.29) is 6.61 Å². The topological polar surface area (TPSA) is 102 Å². The number of nitrogens with zero attached hydrogens (tertiary/aromatic N) is 6. The van der Waals surface area contributed by atoms with Crippen LogP contribution in [0.25, 0.3) is 5.69 Å². The molecule has 0 fully saturated rings. The minimum atomic E-state index is 0.0102. The molecule has 3 aromatic rings. The minimum absolute atomic E-state index is 0.0102. The number of aromatic nitrogens is 5. The second kappa shape index (κ2) is 7.80. The molecule has 26 heavy (non-hydrogen) atoms. The molecule has 0 saturated carbocycles. The predicted molar refractivity (Wildman–Crippen MR) is 94.2 cm³/mol. The van der Waals surface area contributed by atoms with Crippen LogP contribution in [0.3, 0.4) is 0 Å². The Morgan fingerprint density at radius 2 is 1.92 bits per heavy atom. The molecular weight excluding hydrogens is 332 g/mol. The number of aryl methyl sites for hydroxylation is 1. The van der Waals surface area contributed by atoms with Crippen molar-refractivity contribution in [2.75, 3.05) is 6.61 Å². The third kappa shape index (κ3) is 3.43. The second-order valence-electron chi connectivity index (χ2n) is 5.62. The molecule has 0 aliphatic heterocycles. The van der Waals surface area contributed by atoms with Crippen molar-refractivity contribution >= 4 is 0 Å². The van der Waals surface area contributed by atoms with Crippen molar-refractivity contribution in [2.45, 2.75) is 33.2 Å². The van der Waals surface area contributed by atoms with Crippen molar-refractivity contribution in [1.82, 2.24) is 24.8 Å². The third-order valence-corrected chi connectivity index (χ3v) is 3.95. The Morgan fingerprint density at radius 1 is 1.15 bits per heavy atom. The molecule has 0 spiro atoms. The van der Waals surface area contributed by atoms with Gasteiger partial charge in [0.15, 0.2) is 5.75 Å². The highest BCUT2D eigenvalue weighted by molar-refractivity contribution is 5.49. The van der Waals surface area contributed by atoms with Crippen LogP contribution in [0.5, 0.6) is 11.5 Å². The van der Waals surface area contributed by atoms with Crippen molar-refractivity contribution in [1.29, 1.82) is 5.26 Å². The number of benzene rings is 1. The number of ether oxygens (including phenoxy) is 1. The lowest BCUT2D eigenvalue weighted by atomic mass is 10.2. The molecule has 0 atom stereocenters. The van der Waals surface area contributed by atoms with Crippen LogP contribution < -0.4 is 4.74 Å². The summed E-state index contributed by atoms with van der Waals surface area (Å²) in [6.07, 6.45) is 4.56. The Hall–Kier alpha value is -3.18. The molecule has 1 N–H and O–H groups in total. The van der Waals surface area contributed by atoms with Gasteiger partial charge in [-0.15, -0.1) is 0 Å². The summed E-state index contributed by atoms with van der Waals surface area (Å²) in [6, 6.07) is 7.29. The SMILES string of the molecule is CCc1nn(CCO)c(CC)c1Oc1cc(C#N)cc(-n2nccn2)c1.